The fraction of sp³-hybridized carbons (Fsp3) is 0. The zero-order valence-corrected chi connectivity index (χ0v) is 56.8. The monoisotopic (exact) mass is 1590 g/mol. The van der Waals surface area contributed by atoms with Crippen molar-refractivity contribution in [1.29, 1.82) is 0 Å². The molecule has 0 spiro atoms. The van der Waals surface area contributed by atoms with Gasteiger partial charge in [-0.25, -0.2) is 37.3 Å². The quantitative estimate of drug-likeness (QED) is 0.0573. The first kappa shape index (κ1) is 83.0. The molecule has 8 aromatic heterocycles. The Morgan fingerprint density at radius 3 is 0.602 bits per heavy atom. The summed E-state index contributed by atoms with van der Waals surface area (Å²) in [6.45, 7) is 0. The molecule has 0 aliphatic heterocycles. The van der Waals surface area contributed by atoms with E-state index >= 15 is 0 Å². The zero-order chi connectivity index (χ0) is 68.4. The fourth-order valence-corrected chi connectivity index (χ4v) is 10.7. The van der Waals surface area contributed by atoms with Crippen molar-refractivity contribution in [3.05, 3.63) is 252 Å². The predicted octanol–water partition coefficient (Wildman–Crippen LogP) is -3.58. The Morgan fingerprint density at radius 1 is 0.316 bits per heavy atom. The predicted molar refractivity (Wildman–Crippen MR) is 322 cm³/mol. The van der Waals surface area contributed by atoms with Gasteiger partial charge >= 0.3 is 195 Å². The van der Waals surface area contributed by atoms with Crippen LogP contribution in [0.2, 0.25) is 0 Å². The summed E-state index contributed by atoms with van der Waals surface area (Å²) < 4.78 is 127. The molecule has 8 N–H and O–H groups in total. The van der Waals surface area contributed by atoms with Crippen molar-refractivity contribution < 1.29 is 147 Å². The second-order valence-electron chi connectivity index (χ2n) is 18.5. The first-order valence-electron chi connectivity index (χ1n) is 26.1. The Balaban J connectivity index is 0.000000295. The van der Waals surface area contributed by atoms with Gasteiger partial charge in [0, 0.05) is 92.7 Å². The van der Waals surface area contributed by atoms with Gasteiger partial charge in [-0.3, -0.25) is 39.9 Å². The molecule has 2 radical (unpaired) electrons. The standard InChI is InChI=1S/4C12H8N2.2C6H6AsNO6.2ClHO4.2Mn.2H2O/c4*1-3-9-5-6-10-4-2-8-14-12(10)11(9)13-7-1;2*9-6-2-1-4(7(10,11)12)3-5(6)8(13)14;2*2-1(3,4)5;;;;/h4*1-8H;2*1-3,9H,(H2,10,11,12);2*(H,2,3,4,5);;;2*1H2/q;;;;;;;;2*+2;;/p-4. The van der Waals surface area contributed by atoms with E-state index in [4.69, 9.17) is 55.7 Å². The molecule has 32 nitrogen and oxygen atoms in total. The number of halogens is 2. The first-order valence-corrected chi connectivity index (χ1v) is 35.1. The number of phenolic OH excluding ortho intramolecular Hbond substituents is 2. The summed E-state index contributed by atoms with van der Waals surface area (Å²) in [7, 11) is -9.89. The normalized spacial score (nSPS) is 11.6. The molecule has 0 aliphatic carbocycles. The molecule has 0 aliphatic rings. The van der Waals surface area contributed by atoms with Crippen LogP contribution < -0.4 is 54.2 Å². The second-order valence-corrected chi connectivity index (χ2v) is 26.6. The van der Waals surface area contributed by atoms with Crippen LogP contribution in [0.4, 0.5) is 11.4 Å². The van der Waals surface area contributed by atoms with Crippen LogP contribution >= 0.6 is 0 Å². The number of phenols is 2. The van der Waals surface area contributed by atoms with Crippen molar-refractivity contribution in [2.45, 2.75) is 0 Å². The third-order valence-electron chi connectivity index (χ3n) is 12.3. The SMILES string of the molecule is O.O.O=[N+]([O-])c1cc([As](=O)([O-])O)ccc1O.O=[N+]([O-])c1cc([As](=O)([O-])O)ccc1O.[Mn+2].[Mn+2].[O-][Cl+3]([O-])([O-])[O-].[O-][Cl+3]([O-])([O-])[O-].c1cnc2c(c1)ccc1cccnc12.c1cnc2c(c1)ccc1cccnc12.c1cnc2c(c1)ccc1cccnc12.c1cnc2c(c1)ccc1cccnc12. The summed E-state index contributed by atoms with van der Waals surface area (Å²) in [4.78, 5) is 53.5. The number of aromatic nitrogens is 8. The van der Waals surface area contributed by atoms with E-state index in [-0.39, 0.29) is 45.1 Å². The molecule has 8 heterocycles. The minimum atomic E-state index is -5.38. The van der Waals surface area contributed by atoms with Crippen molar-refractivity contribution in [2.75, 3.05) is 0 Å². The molecule has 0 saturated heterocycles. The van der Waals surface area contributed by atoms with Gasteiger partial charge in [0.15, 0.2) is 0 Å². The van der Waals surface area contributed by atoms with Crippen LogP contribution in [0.5, 0.6) is 11.5 Å². The Morgan fingerprint density at radius 2 is 0.469 bits per heavy atom. The van der Waals surface area contributed by atoms with E-state index in [0.717, 1.165) is 111 Å². The third-order valence-corrected chi connectivity index (χ3v) is 16.2. The number of hydrogen-bond acceptors (Lipinski definition) is 26. The number of nitrogens with zero attached hydrogens (tertiary/aromatic N) is 10. The zero-order valence-electron chi connectivity index (χ0n) is 49.1. The van der Waals surface area contributed by atoms with E-state index in [1.165, 1.54) is 0 Å². The van der Waals surface area contributed by atoms with Crippen molar-refractivity contribution in [3.8, 4) is 11.5 Å². The Hall–Kier alpha value is -9.22. The van der Waals surface area contributed by atoms with E-state index in [9.17, 15) is 35.9 Å². The minimum absolute atomic E-state index is 0. The van der Waals surface area contributed by atoms with E-state index in [1.807, 2.05) is 48.5 Å². The largest absolute Gasteiger partial charge is 2.00 e. The summed E-state index contributed by atoms with van der Waals surface area (Å²) in [6.07, 6.45) is 14.4. The smallest absolute Gasteiger partial charge is 0.254 e. The van der Waals surface area contributed by atoms with Crippen LogP contribution in [0.1, 0.15) is 0 Å². The molecule has 0 saturated carbocycles. The number of aromatic hydroxyl groups is 2. The van der Waals surface area contributed by atoms with E-state index in [1.54, 1.807) is 49.6 Å². The average Bonchev–Trinajstić information content (AvgIpc) is 0.827. The molecule has 14 aromatic rings. The molecule has 14 rings (SSSR count). The summed E-state index contributed by atoms with van der Waals surface area (Å²) >= 11 is -10.8. The Bertz CT molecular complexity index is 4340. The number of fused-ring (bicyclic) bond motifs is 12. The van der Waals surface area contributed by atoms with Gasteiger partial charge in [-0.05, 0) is 48.5 Å². The number of benzene rings is 6. The number of rotatable bonds is 4. The van der Waals surface area contributed by atoms with Crippen molar-refractivity contribution in [3.63, 3.8) is 0 Å². The Kier molecular flexibility index (Phi) is 31.8. The van der Waals surface area contributed by atoms with Gasteiger partial charge in [0.25, 0.3) is 0 Å². The summed E-state index contributed by atoms with van der Waals surface area (Å²) in [5.74, 6) is -1.30. The number of nitro benzene ring substituents is 2. The summed E-state index contributed by atoms with van der Waals surface area (Å²) in [5, 5.41) is 47.6. The van der Waals surface area contributed by atoms with E-state index in [0.29, 0.717) is 12.1 Å². The van der Waals surface area contributed by atoms with Gasteiger partial charge in [0.2, 0.25) is 0 Å². The third kappa shape index (κ3) is 24.7. The molecule has 0 bridgehead atoms. The maximum atomic E-state index is 10.7. The van der Waals surface area contributed by atoms with Gasteiger partial charge in [-0.15, -0.1) is 20.5 Å². The van der Waals surface area contributed by atoms with Gasteiger partial charge in [-0.2, -0.15) is 0 Å². The second kappa shape index (κ2) is 37.5. The van der Waals surface area contributed by atoms with E-state index in [2.05, 4.69) is 137 Å². The summed E-state index contributed by atoms with van der Waals surface area (Å²) in [6, 6.07) is 53.3. The molecule has 0 amide bonds. The topological polar surface area (TPSA) is 598 Å². The van der Waals surface area contributed by atoms with Gasteiger partial charge in [0.1, 0.15) is 0 Å². The van der Waals surface area contributed by atoms with Crippen molar-refractivity contribution >= 4 is 136 Å². The first-order chi connectivity index (χ1) is 44.4. The average molecular weight is 1590 g/mol. The van der Waals surface area contributed by atoms with Gasteiger partial charge < -0.3 is 11.0 Å². The number of pyridine rings is 8. The van der Waals surface area contributed by atoms with Gasteiger partial charge in [-0.1, -0.05) is 97.1 Å². The number of hydrogen-bond donors (Lipinski definition) is 4. The molecule has 6 aromatic carbocycles. The van der Waals surface area contributed by atoms with Crippen LogP contribution in [0.15, 0.2) is 232 Å². The number of nitro groups is 2. The van der Waals surface area contributed by atoms with Crippen LogP contribution in [0.25, 0.3) is 87.2 Å². The van der Waals surface area contributed by atoms with Crippen LogP contribution in [-0.2, 0) is 41.6 Å². The van der Waals surface area contributed by atoms with Crippen molar-refractivity contribution in [2.24, 2.45) is 0 Å². The van der Waals surface area contributed by atoms with Crippen LogP contribution in [0.3, 0.4) is 0 Å². The van der Waals surface area contributed by atoms with Crippen molar-refractivity contribution in [1.82, 2.24) is 39.9 Å². The fourth-order valence-electron chi connectivity index (χ4n) is 8.39. The minimum Gasteiger partial charge on any atom is -0.254 e. The van der Waals surface area contributed by atoms with Crippen LogP contribution in [0, 0.1) is 40.7 Å². The molecular formula is C60H46As2Cl2Mn2N10O22. The molecule has 38 heteroatoms. The molecule has 98 heavy (non-hydrogen) atoms. The maximum absolute atomic E-state index is 10.7. The van der Waals surface area contributed by atoms with Gasteiger partial charge in [0.05, 0.1) is 44.1 Å². The molecule has 0 fully saturated rings. The molecule has 2 atom stereocenters. The van der Waals surface area contributed by atoms with E-state index < -0.39 is 90.3 Å². The molecule has 2 unspecified atom stereocenters. The molecule has 506 valence electrons. The van der Waals surface area contributed by atoms with Crippen LogP contribution in [-0.4, -0.2) is 107 Å². The Labute approximate surface area is 581 Å². The molecular weight excluding hydrogens is 1540 g/mol. The summed E-state index contributed by atoms with van der Waals surface area (Å²) in [5.41, 5.74) is 6.31. The maximum Gasteiger partial charge on any atom is 2.00 e.